The van der Waals surface area contributed by atoms with Crippen LogP contribution in [0.25, 0.3) is 0 Å². The van der Waals surface area contributed by atoms with Crippen LogP contribution in [0.1, 0.15) is 45.4 Å². The van der Waals surface area contributed by atoms with E-state index in [1.807, 2.05) is 0 Å². The van der Waals surface area contributed by atoms with Gasteiger partial charge < -0.3 is 5.32 Å². The van der Waals surface area contributed by atoms with Gasteiger partial charge in [0.05, 0.1) is 0 Å². The van der Waals surface area contributed by atoms with Crippen molar-refractivity contribution in [1.82, 2.24) is 5.32 Å². The van der Waals surface area contributed by atoms with E-state index in [0.29, 0.717) is 0 Å². The molecule has 1 N–H and O–H groups in total. The van der Waals surface area contributed by atoms with Crippen molar-refractivity contribution in [3.05, 3.63) is 0 Å². The second-order valence-corrected chi connectivity index (χ2v) is 4.27. The molecule has 0 bridgehead atoms. The minimum Gasteiger partial charge on any atom is -0.311 e. The summed E-state index contributed by atoms with van der Waals surface area (Å²) < 4.78 is 0. The minimum absolute atomic E-state index is 0.800. The molecule has 0 aromatic heterocycles. The van der Waals surface area contributed by atoms with Gasteiger partial charge in [0, 0.05) is 12.1 Å². The number of hydrogen-bond donors (Lipinski definition) is 1. The summed E-state index contributed by atoms with van der Waals surface area (Å²) in [5.74, 6) is 1.01. The highest BCUT2D eigenvalue weighted by atomic mass is 15.0. The van der Waals surface area contributed by atoms with Gasteiger partial charge in [0.15, 0.2) is 0 Å². The predicted molar refractivity (Wildman–Crippen MR) is 47.6 cm³/mol. The molecule has 1 atom stereocenters. The van der Waals surface area contributed by atoms with Gasteiger partial charge in [0.2, 0.25) is 0 Å². The monoisotopic (exact) mass is 153 g/mol. The summed E-state index contributed by atoms with van der Waals surface area (Å²) in [6.07, 6.45) is 8.73. The van der Waals surface area contributed by atoms with Gasteiger partial charge in [-0.25, -0.2) is 0 Å². The second kappa shape index (κ2) is 3.14. The van der Waals surface area contributed by atoms with Gasteiger partial charge in [0.25, 0.3) is 0 Å². The van der Waals surface area contributed by atoms with Crippen molar-refractivity contribution in [2.75, 3.05) is 0 Å². The van der Waals surface area contributed by atoms with Crippen molar-refractivity contribution in [2.24, 2.45) is 5.92 Å². The van der Waals surface area contributed by atoms with Crippen molar-refractivity contribution >= 4 is 0 Å². The highest BCUT2D eigenvalue weighted by Gasteiger charge is 2.27. The smallest absolute Gasteiger partial charge is 0.00696 e. The summed E-state index contributed by atoms with van der Waals surface area (Å²) in [6, 6.07) is 1.68. The molecule has 0 unspecified atom stereocenters. The maximum Gasteiger partial charge on any atom is 0.00696 e. The molecule has 0 aliphatic heterocycles. The van der Waals surface area contributed by atoms with Gasteiger partial charge in [-0.15, -0.1) is 0 Å². The lowest BCUT2D eigenvalue weighted by molar-refractivity contribution is 0.200. The van der Waals surface area contributed by atoms with Crippen molar-refractivity contribution in [3.8, 4) is 0 Å². The summed E-state index contributed by atoms with van der Waals surface area (Å²) in [5.41, 5.74) is 0. The zero-order chi connectivity index (χ0) is 7.68. The van der Waals surface area contributed by atoms with Crippen LogP contribution in [0.4, 0.5) is 0 Å². The topological polar surface area (TPSA) is 12.0 Å². The molecule has 11 heavy (non-hydrogen) atoms. The Morgan fingerprint density at radius 3 is 2.09 bits per heavy atom. The Bertz CT molecular complexity index is 125. The molecule has 0 heterocycles. The molecule has 0 radical (unpaired) electrons. The van der Waals surface area contributed by atoms with E-state index >= 15 is 0 Å². The van der Waals surface area contributed by atoms with Crippen molar-refractivity contribution in [3.63, 3.8) is 0 Å². The quantitative estimate of drug-likeness (QED) is 0.656. The summed E-state index contributed by atoms with van der Waals surface area (Å²) >= 11 is 0. The highest BCUT2D eigenvalue weighted by Crippen LogP contribution is 2.30. The van der Waals surface area contributed by atoms with Crippen LogP contribution >= 0.6 is 0 Å². The fourth-order valence-electron chi connectivity index (χ4n) is 2.02. The van der Waals surface area contributed by atoms with Crippen LogP contribution in [0, 0.1) is 5.92 Å². The number of hydrogen-bond acceptors (Lipinski definition) is 1. The Morgan fingerprint density at radius 2 is 1.73 bits per heavy atom. The predicted octanol–water partition coefficient (Wildman–Crippen LogP) is 2.32. The van der Waals surface area contributed by atoms with Gasteiger partial charge in [-0.1, -0.05) is 12.8 Å². The van der Waals surface area contributed by atoms with E-state index in [0.717, 1.165) is 18.0 Å². The van der Waals surface area contributed by atoms with E-state index in [1.165, 1.54) is 38.5 Å². The SMILES string of the molecule is C[C@@H](NC1CCC1)C1CCC1. The summed E-state index contributed by atoms with van der Waals surface area (Å²) in [4.78, 5) is 0. The molecule has 0 amide bonds. The van der Waals surface area contributed by atoms with Gasteiger partial charge in [-0.3, -0.25) is 0 Å². The summed E-state index contributed by atoms with van der Waals surface area (Å²) in [7, 11) is 0. The van der Waals surface area contributed by atoms with E-state index in [1.54, 1.807) is 0 Å². The Labute approximate surface area is 69.6 Å². The average molecular weight is 153 g/mol. The van der Waals surface area contributed by atoms with Crippen molar-refractivity contribution in [2.45, 2.75) is 57.5 Å². The fraction of sp³-hybridized carbons (Fsp3) is 1.00. The standard InChI is InChI=1S/C10H19N/c1-8(9-4-2-5-9)11-10-6-3-7-10/h8-11H,2-7H2,1H3/t8-/m1/s1. The van der Waals surface area contributed by atoms with Gasteiger partial charge in [-0.2, -0.15) is 0 Å². The Hall–Kier alpha value is -0.0400. The zero-order valence-corrected chi connectivity index (χ0v) is 7.47. The Morgan fingerprint density at radius 1 is 1.09 bits per heavy atom. The molecule has 0 saturated heterocycles. The van der Waals surface area contributed by atoms with E-state index in [-0.39, 0.29) is 0 Å². The van der Waals surface area contributed by atoms with Crippen LogP contribution in [0.3, 0.4) is 0 Å². The van der Waals surface area contributed by atoms with Crippen LogP contribution in [0.2, 0.25) is 0 Å². The first-order valence-corrected chi connectivity index (χ1v) is 5.12. The van der Waals surface area contributed by atoms with Gasteiger partial charge in [-0.05, 0) is 38.5 Å². The summed E-state index contributed by atoms with van der Waals surface area (Å²) in [5, 5.41) is 3.72. The average Bonchev–Trinajstić information content (AvgIpc) is 1.74. The lowest BCUT2D eigenvalue weighted by atomic mass is 9.79. The molecule has 0 aromatic rings. The first-order valence-electron chi connectivity index (χ1n) is 5.12. The van der Waals surface area contributed by atoms with Crippen LogP contribution < -0.4 is 5.32 Å². The minimum atomic E-state index is 0.800. The first kappa shape index (κ1) is 7.60. The lowest BCUT2D eigenvalue weighted by Crippen LogP contribution is -2.45. The maximum atomic E-state index is 3.72. The molecule has 2 fully saturated rings. The van der Waals surface area contributed by atoms with Crippen LogP contribution in [-0.2, 0) is 0 Å². The van der Waals surface area contributed by atoms with E-state index < -0.39 is 0 Å². The molecular weight excluding hydrogens is 134 g/mol. The molecule has 1 heteroatoms. The third-order valence-corrected chi connectivity index (χ3v) is 3.46. The normalized spacial score (nSPS) is 29.2. The van der Waals surface area contributed by atoms with Crippen LogP contribution in [-0.4, -0.2) is 12.1 Å². The van der Waals surface area contributed by atoms with Gasteiger partial charge >= 0.3 is 0 Å². The largest absolute Gasteiger partial charge is 0.311 e. The van der Waals surface area contributed by atoms with Gasteiger partial charge in [0.1, 0.15) is 0 Å². The molecule has 2 aliphatic carbocycles. The van der Waals surface area contributed by atoms with Crippen molar-refractivity contribution in [1.29, 1.82) is 0 Å². The molecule has 2 aliphatic rings. The molecule has 2 saturated carbocycles. The number of nitrogens with one attached hydrogen (secondary N) is 1. The Balaban J connectivity index is 1.67. The Kier molecular flexibility index (Phi) is 2.17. The first-order chi connectivity index (χ1) is 5.36. The highest BCUT2D eigenvalue weighted by molar-refractivity contribution is 4.85. The van der Waals surface area contributed by atoms with Crippen LogP contribution in [0.15, 0.2) is 0 Å². The van der Waals surface area contributed by atoms with E-state index in [9.17, 15) is 0 Å². The summed E-state index contributed by atoms with van der Waals surface area (Å²) in [6.45, 7) is 2.36. The molecule has 1 nitrogen and oxygen atoms in total. The molecular formula is C10H19N. The van der Waals surface area contributed by atoms with Crippen molar-refractivity contribution < 1.29 is 0 Å². The third kappa shape index (κ3) is 1.58. The van der Waals surface area contributed by atoms with E-state index in [4.69, 9.17) is 0 Å². The van der Waals surface area contributed by atoms with Crippen LogP contribution in [0.5, 0.6) is 0 Å². The lowest BCUT2D eigenvalue weighted by Gasteiger charge is -2.37. The third-order valence-electron chi connectivity index (χ3n) is 3.46. The second-order valence-electron chi connectivity index (χ2n) is 4.27. The molecule has 0 aromatic carbocycles. The van der Waals surface area contributed by atoms with E-state index in [2.05, 4.69) is 12.2 Å². The zero-order valence-electron chi connectivity index (χ0n) is 7.47. The number of rotatable bonds is 3. The fourth-order valence-corrected chi connectivity index (χ4v) is 2.02. The molecule has 0 spiro atoms. The molecule has 64 valence electrons. The molecule has 2 rings (SSSR count). The maximum absolute atomic E-state index is 3.72.